The first-order valence-corrected chi connectivity index (χ1v) is 7.10. The molecule has 2 rings (SSSR count). The third-order valence-corrected chi connectivity index (χ3v) is 4.33. The minimum Gasteiger partial charge on any atom is -0.496 e. The summed E-state index contributed by atoms with van der Waals surface area (Å²) in [6, 6.07) is 5.37. The predicted molar refractivity (Wildman–Crippen MR) is 78.4 cm³/mol. The lowest BCUT2D eigenvalue weighted by atomic mass is 10.1. The number of carbonyl (C=O) groups is 1. The highest BCUT2D eigenvalue weighted by Gasteiger charge is 2.42. The van der Waals surface area contributed by atoms with Crippen molar-refractivity contribution in [2.75, 3.05) is 27.2 Å². The number of nitrogens with zero attached hydrogens (tertiary/aromatic N) is 1. The number of ether oxygens (including phenoxy) is 1. The van der Waals surface area contributed by atoms with E-state index in [0.717, 1.165) is 29.6 Å². The summed E-state index contributed by atoms with van der Waals surface area (Å²) in [6.45, 7) is 1.38. The lowest BCUT2D eigenvalue weighted by Gasteiger charge is -2.23. The molecule has 4 nitrogen and oxygen atoms in total. The zero-order valence-corrected chi connectivity index (χ0v) is 12.9. The predicted octanol–water partition coefficient (Wildman–Crippen LogP) is 2.27. The van der Waals surface area contributed by atoms with Crippen molar-refractivity contribution in [2.45, 2.75) is 12.8 Å². The van der Waals surface area contributed by atoms with E-state index < -0.39 is 0 Å². The van der Waals surface area contributed by atoms with Gasteiger partial charge in [0.1, 0.15) is 5.75 Å². The van der Waals surface area contributed by atoms with Crippen molar-refractivity contribution < 1.29 is 9.53 Å². The van der Waals surface area contributed by atoms with Gasteiger partial charge in [0.05, 0.1) is 11.6 Å². The van der Waals surface area contributed by atoms with E-state index in [0.29, 0.717) is 12.1 Å². The molecule has 0 heterocycles. The summed E-state index contributed by atoms with van der Waals surface area (Å²) in [5.74, 6) is 0.739. The van der Waals surface area contributed by atoms with Gasteiger partial charge in [0, 0.05) is 24.6 Å². The third-order valence-electron chi connectivity index (χ3n) is 3.71. The van der Waals surface area contributed by atoms with E-state index >= 15 is 0 Å². The molecule has 1 saturated carbocycles. The maximum Gasteiger partial charge on any atom is 0.253 e. The molecule has 19 heavy (non-hydrogen) atoms. The van der Waals surface area contributed by atoms with Crippen LogP contribution in [0.15, 0.2) is 22.7 Å². The molecule has 1 aliphatic carbocycles. The van der Waals surface area contributed by atoms with E-state index in [2.05, 4.69) is 15.9 Å². The minimum atomic E-state index is 0.0167. The Bertz CT molecular complexity index is 486. The molecule has 0 radical (unpaired) electrons. The Morgan fingerprint density at radius 1 is 1.53 bits per heavy atom. The first kappa shape index (κ1) is 14.3. The van der Waals surface area contributed by atoms with Crippen LogP contribution in [0.4, 0.5) is 0 Å². The van der Waals surface area contributed by atoms with Crippen molar-refractivity contribution in [3.05, 3.63) is 28.2 Å². The zero-order chi connectivity index (χ0) is 14.0. The zero-order valence-electron chi connectivity index (χ0n) is 11.3. The number of carbonyl (C=O) groups excluding carboxylic acids is 1. The molecule has 1 aromatic rings. The summed E-state index contributed by atoms with van der Waals surface area (Å²) < 4.78 is 5.95. The molecule has 5 heteroatoms. The number of methoxy groups -OCH3 is 1. The van der Waals surface area contributed by atoms with Crippen molar-refractivity contribution in [3.63, 3.8) is 0 Å². The topological polar surface area (TPSA) is 55.6 Å². The molecular weight excluding hydrogens is 308 g/mol. The fourth-order valence-electron chi connectivity index (χ4n) is 2.20. The van der Waals surface area contributed by atoms with Gasteiger partial charge in [-0.2, -0.15) is 0 Å². The lowest BCUT2D eigenvalue weighted by molar-refractivity contribution is 0.0766. The number of halogens is 1. The molecule has 0 unspecified atom stereocenters. The van der Waals surface area contributed by atoms with E-state index in [1.807, 2.05) is 7.05 Å². The Labute approximate surface area is 122 Å². The van der Waals surface area contributed by atoms with Crippen molar-refractivity contribution in [1.82, 2.24) is 4.90 Å². The monoisotopic (exact) mass is 326 g/mol. The molecule has 104 valence electrons. The van der Waals surface area contributed by atoms with Crippen LogP contribution in [0.2, 0.25) is 0 Å². The molecule has 1 aromatic carbocycles. The molecule has 0 atom stereocenters. The third kappa shape index (κ3) is 3.09. The van der Waals surface area contributed by atoms with Crippen LogP contribution in [-0.4, -0.2) is 38.1 Å². The van der Waals surface area contributed by atoms with Gasteiger partial charge in [-0.3, -0.25) is 4.79 Å². The summed E-state index contributed by atoms with van der Waals surface area (Å²) >= 11 is 3.40. The summed E-state index contributed by atoms with van der Waals surface area (Å²) in [4.78, 5) is 14.1. The Hall–Kier alpha value is -1.07. The second-order valence-electron chi connectivity index (χ2n) is 5.21. The largest absolute Gasteiger partial charge is 0.496 e. The summed E-state index contributed by atoms with van der Waals surface area (Å²) in [6.07, 6.45) is 2.24. The average molecular weight is 327 g/mol. The van der Waals surface area contributed by atoms with Gasteiger partial charge in [-0.1, -0.05) is 0 Å². The minimum absolute atomic E-state index is 0.0167. The van der Waals surface area contributed by atoms with Crippen molar-refractivity contribution in [3.8, 4) is 5.75 Å². The van der Waals surface area contributed by atoms with Crippen LogP contribution in [0.5, 0.6) is 5.75 Å². The van der Waals surface area contributed by atoms with Gasteiger partial charge in [0.2, 0.25) is 0 Å². The highest BCUT2D eigenvalue weighted by molar-refractivity contribution is 9.10. The van der Waals surface area contributed by atoms with Gasteiger partial charge in [-0.05, 0) is 53.5 Å². The normalized spacial score (nSPS) is 16.0. The first-order chi connectivity index (χ1) is 9.01. The molecule has 0 bridgehead atoms. The van der Waals surface area contributed by atoms with Gasteiger partial charge >= 0.3 is 0 Å². The molecular formula is C14H19BrN2O2. The Balaban J connectivity index is 2.08. The quantitative estimate of drug-likeness (QED) is 0.903. The summed E-state index contributed by atoms with van der Waals surface area (Å²) in [7, 11) is 3.43. The van der Waals surface area contributed by atoms with E-state index in [1.54, 1.807) is 30.2 Å². The van der Waals surface area contributed by atoms with Gasteiger partial charge in [-0.25, -0.2) is 0 Å². The average Bonchev–Trinajstić information content (AvgIpc) is 3.18. The standard InChI is InChI=1S/C14H19BrN2O2/c1-17(9-14(8-16)5-6-14)13(18)10-3-4-12(19-2)11(15)7-10/h3-4,7H,5-6,8-9,16H2,1-2H3. The highest BCUT2D eigenvalue weighted by Crippen LogP contribution is 2.45. The smallest absolute Gasteiger partial charge is 0.253 e. The van der Waals surface area contributed by atoms with Gasteiger partial charge in [-0.15, -0.1) is 0 Å². The molecule has 1 amide bonds. The van der Waals surface area contributed by atoms with Crippen molar-refractivity contribution in [2.24, 2.45) is 11.1 Å². The van der Waals surface area contributed by atoms with Crippen LogP contribution in [0.1, 0.15) is 23.2 Å². The maximum absolute atomic E-state index is 12.3. The summed E-state index contributed by atoms with van der Waals surface area (Å²) in [5.41, 5.74) is 6.57. The van der Waals surface area contributed by atoms with E-state index in [9.17, 15) is 4.79 Å². The van der Waals surface area contributed by atoms with Crippen LogP contribution >= 0.6 is 15.9 Å². The van der Waals surface area contributed by atoms with Crippen molar-refractivity contribution in [1.29, 1.82) is 0 Å². The number of nitrogens with two attached hydrogens (primary N) is 1. The van der Waals surface area contributed by atoms with Gasteiger partial charge in [0.25, 0.3) is 5.91 Å². The molecule has 2 N–H and O–H groups in total. The number of hydrogen-bond acceptors (Lipinski definition) is 3. The molecule has 0 aromatic heterocycles. The number of rotatable bonds is 5. The molecule has 1 fully saturated rings. The van der Waals surface area contributed by atoms with Crippen LogP contribution in [0, 0.1) is 5.41 Å². The highest BCUT2D eigenvalue weighted by atomic mass is 79.9. The SMILES string of the molecule is COc1ccc(C(=O)N(C)CC2(CN)CC2)cc1Br. The van der Waals surface area contributed by atoms with E-state index in [1.165, 1.54) is 0 Å². The molecule has 1 aliphatic rings. The number of hydrogen-bond donors (Lipinski definition) is 1. The van der Waals surface area contributed by atoms with Crippen LogP contribution < -0.4 is 10.5 Å². The van der Waals surface area contributed by atoms with E-state index in [4.69, 9.17) is 10.5 Å². The second-order valence-corrected chi connectivity index (χ2v) is 6.07. The van der Waals surface area contributed by atoms with E-state index in [-0.39, 0.29) is 11.3 Å². The number of amides is 1. The molecule has 0 saturated heterocycles. The second kappa shape index (κ2) is 5.51. The van der Waals surface area contributed by atoms with Gasteiger partial charge < -0.3 is 15.4 Å². The van der Waals surface area contributed by atoms with Gasteiger partial charge in [0.15, 0.2) is 0 Å². The first-order valence-electron chi connectivity index (χ1n) is 6.30. The lowest BCUT2D eigenvalue weighted by Crippen LogP contribution is -2.35. The van der Waals surface area contributed by atoms with Crippen molar-refractivity contribution >= 4 is 21.8 Å². The van der Waals surface area contributed by atoms with Crippen LogP contribution in [0.3, 0.4) is 0 Å². The summed E-state index contributed by atoms with van der Waals surface area (Å²) in [5, 5.41) is 0. The Morgan fingerprint density at radius 2 is 2.21 bits per heavy atom. The maximum atomic E-state index is 12.3. The fraction of sp³-hybridized carbons (Fsp3) is 0.500. The Morgan fingerprint density at radius 3 is 2.68 bits per heavy atom. The molecule has 0 aliphatic heterocycles. The fourth-order valence-corrected chi connectivity index (χ4v) is 2.74. The van der Waals surface area contributed by atoms with Crippen LogP contribution in [0.25, 0.3) is 0 Å². The number of benzene rings is 1. The van der Waals surface area contributed by atoms with Crippen LogP contribution in [-0.2, 0) is 0 Å². The molecule has 0 spiro atoms. The Kier molecular flexibility index (Phi) is 4.16.